The SMILES string of the molecule is Cc1c(NS(=O)(=O)c2ccc(-c3cccc(CN(C)C)c3)cc2)c(CCc2ccccc2)nn1C. The van der Waals surface area contributed by atoms with Crippen molar-refractivity contribution in [1.82, 2.24) is 14.7 Å². The highest BCUT2D eigenvalue weighted by Crippen LogP contribution is 2.27. The standard InChI is InChI=1S/C28H32N4O2S/c1-21-28(27(29-32(21)4)18-13-22-9-6-5-7-10-22)30-35(33,34)26-16-14-24(15-17-26)25-12-8-11-23(19-25)20-31(2)3/h5-12,14-17,19,30H,13,18,20H2,1-4H3. The molecule has 0 aliphatic carbocycles. The largest absolute Gasteiger partial charge is 0.305 e. The molecule has 7 heteroatoms. The molecule has 35 heavy (non-hydrogen) atoms. The molecule has 0 amide bonds. The number of benzene rings is 3. The normalized spacial score (nSPS) is 11.7. The maximum absolute atomic E-state index is 13.3. The van der Waals surface area contributed by atoms with Gasteiger partial charge in [-0.1, -0.05) is 60.7 Å². The molecule has 1 N–H and O–H groups in total. The van der Waals surface area contributed by atoms with Crippen molar-refractivity contribution in [3.05, 3.63) is 101 Å². The van der Waals surface area contributed by atoms with Gasteiger partial charge in [0, 0.05) is 13.6 Å². The molecule has 4 rings (SSSR count). The smallest absolute Gasteiger partial charge is 0.262 e. The van der Waals surface area contributed by atoms with Crippen molar-refractivity contribution in [3.8, 4) is 11.1 Å². The van der Waals surface area contributed by atoms with E-state index in [1.807, 2.05) is 70.5 Å². The van der Waals surface area contributed by atoms with Crippen LogP contribution >= 0.6 is 0 Å². The lowest BCUT2D eigenvalue weighted by Crippen LogP contribution is -2.14. The first kappa shape index (κ1) is 24.7. The minimum absolute atomic E-state index is 0.225. The number of aromatic nitrogens is 2. The van der Waals surface area contributed by atoms with Gasteiger partial charge in [-0.3, -0.25) is 9.40 Å². The number of aryl methyl sites for hydroxylation is 3. The van der Waals surface area contributed by atoms with E-state index in [0.717, 1.165) is 35.5 Å². The Hall–Kier alpha value is -3.42. The van der Waals surface area contributed by atoms with Gasteiger partial charge in [-0.25, -0.2) is 8.42 Å². The maximum Gasteiger partial charge on any atom is 0.262 e. The van der Waals surface area contributed by atoms with Crippen LogP contribution in [0.3, 0.4) is 0 Å². The summed E-state index contributed by atoms with van der Waals surface area (Å²) in [7, 11) is 2.15. The fourth-order valence-electron chi connectivity index (χ4n) is 4.13. The summed E-state index contributed by atoms with van der Waals surface area (Å²) in [5.41, 5.74) is 6.52. The monoisotopic (exact) mass is 488 g/mol. The van der Waals surface area contributed by atoms with Gasteiger partial charge in [-0.2, -0.15) is 5.10 Å². The third-order valence-electron chi connectivity index (χ3n) is 6.06. The highest BCUT2D eigenvalue weighted by Gasteiger charge is 2.21. The zero-order valence-corrected chi connectivity index (χ0v) is 21.5. The Labute approximate surface area is 208 Å². The molecule has 0 saturated heterocycles. The Bertz CT molecular complexity index is 1390. The molecule has 0 fully saturated rings. The number of nitrogens with zero attached hydrogens (tertiary/aromatic N) is 3. The summed E-state index contributed by atoms with van der Waals surface area (Å²) >= 11 is 0. The zero-order chi connectivity index (χ0) is 25.0. The Morgan fingerprint density at radius 3 is 2.23 bits per heavy atom. The molecule has 6 nitrogen and oxygen atoms in total. The van der Waals surface area contributed by atoms with E-state index in [2.05, 4.69) is 39.0 Å². The summed E-state index contributed by atoms with van der Waals surface area (Å²) in [6.45, 7) is 2.72. The minimum Gasteiger partial charge on any atom is -0.305 e. The van der Waals surface area contributed by atoms with E-state index >= 15 is 0 Å². The van der Waals surface area contributed by atoms with Crippen LogP contribution in [0.4, 0.5) is 5.69 Å². The molecule has 0 spiro atoms. The quantitative estimate of drug-likeness (QED) is 0.358. The summed E-state index contributed by atoms with van der Waals surface area (Å²) in [5, 5.41) is 4.57. The molecular formula is C28H32N4O2S. The average Bonchev–Trinajstić information content (AvgIpc) is 3.10. The van der Waals surface area contributed by atoms with Crippen LogP contribution < -0.4 is 4.72 Å². The van der Waals surface area contributed by atoms with Gasteiger partial charge in [-0.15, -0.1) is 0 Å². The summed E-state index contributed by atoms with van der Waals surface area (Å²) < 4.78 is 31.0. The second kappa shape index (κ2) is 10.5. The highest BCUT2D eigenvalue weighted by molar-refractivity contribution is 7.92. The van der Waals surface area contributed by atoms with Crippen LogP contribution in [0.5, 0.6) is 0 Å². The van der Waals surface area contributed by atoms with Crippen LogP contribution in [-0.4, -0.2) is 37.2 Å². The summed E-state index contributed by atoms with van der Waals surface area (Å²) in [4.78, 5) is 2.34. The molecule has 0 saturated carbocycles. The first-order valence-electron chi connectivity index (χ1n) is 11.7. The molecule has 4 aromatic rings. The van der Waals surface area contributed by atoms with Crippen molar-refractivity contribution >= 4 is 15.7 Å². The van der Waals surface area contributed by atoms with Crippen LogP contribution in [0, 0.1) is 6.92 Å². The molecule has 0 radical (unpaired) electrons. The van der Waals surface area contributed by atoms with Gasteiger partial charge in [0.25, 0.3) is 10.0 Å². The van der Waals surface area contributed by atoms with Crippen LogP contribution in [-0.2, 0) is 36.5 Å². The van der Waals surface area contributed by atoms with E-state index in [4.69, 9.17) is 0 Å². The van der Waals surface area contributed by atoms with E-state index in [9.17, 15) is 8.42 Å². The van der Waals surface area contributed by atoms with E-state index < -0.39 is 10.0 Å². The molecule has 0 atom stereocenters. The van der Waals surface area contributed by atoms with E-state index in [1.54, 1.807) is 16.8 Å². The Kier molecular flexibility index (Phi) is 7.38. The molecule has 0 aliphatic heterocycles. The van der Waals surface area contributed by atoms with Gasteiger partial charge in [0.2, 0.25) is 0 Å². The Morgan fingerprint density at radius 1 is 0.857 bits per heavy atom. The Morgan fingerprint density at radius 2 is 1.54 bits per heavy atom. The predicted molar refractivity (Wildman–Crippen MR) is 142 cm³/mol. The van der Waals surface area contributed by atoms with Crippen molar-refractivity contribution in [3.63, 3.8) is 0 Å². The predicted octanol–water partition coefficient (Wildman–Crippen LogP) is 5.04. The fraction of sp³-hybridized carbons (Fsp3) is 0.250. The van der Waals surface area contributed by atoms with Gasteiger partial charge in [0.05, 0.1) is 22.0 Å². The van der Waals surface area contributed by atoms with E-state index in [0.29, 0.717) is 12.1 Å². The van der Waals surface area contributed by atoms with Gasteiger partial charge in [0.1, 0.15) is 0 Å². The van der Waals surface area contributed by atoms with Crippen LogP contribution in [0.25, 0.3) is 11.1 Å². The van der Waals surface area contributed by atoms with E-state index in [1.165, 1.54) is 11.1 Å². The van der Waals surface area contributed by atoms with Crippen molar-refractivity contribution < 1.29 is 8.42 Å². The summed E-state index contributed by atoms with van der Waals surface area (Å²) in [6, 6.07) is 25.5. The molecule has 3 aromatic carbocycles. The van der Waals surface area contributed by atoms with Crippen LogP contribution in [0.15, 0.2) is 83.8 Å². The van der Waals surface area contributed by atoms with Crippen molar-refractivity contribution in [2.24, 2.45) is 7.05 Å². The maximum atomic E-state index is 13.3. The lowest BCUT2D eigenvalue weighted by atomic mass is 10.0. The average molecular weight is 489 g/mol. The third kappa shape index (κ3) is 5.99. The summed E-state index contributed by atoms with van der Waals surface area (Å²) in [6.07, 6.45) is 1.43. The van der Waals surface area contributed by atoms with Gasteiger partial charge >= 0.3 is 0 Å². The number of rotatable bonds is 9. The first-order valence-corrected chi connectivity index (χ1v) is 13.1. The minimum atomic E-state index is -3.76. The molecular weight excluding hydrogens is 456 g/mol. The number of hydrogen-bond donors (Lipinski definition) is 1. The number of anilines is 1. The van der Waals surface area contributed by atoms with Crippen LogP contribution in [0.1, 0.15) is 22.5 Å². The number of sulfonamides is 1. The second-order valence-electron chi connectivity index (χ2n) is 9.08. The van der Waals surface area contributed by atoms with Gasteiger partial charge < -0.3 is 4.90 Å². The van der Waals surface area contributed by atoms with Crippen LogP contribution in [0.2, 0.25) is 0 Å². The van der Waals surface area contributed by atoms with E-state index in [-0.39, 0.29) is 4.90 Å². The summed E-state index contributed by atoms with van der Waals surface area (Å²) in [5.74, 6) is 0. The lowest BCUT2D eigenvalue weighted by Gasteiger charge is -2.12. The van der Waals surface area contributed by atoms with Crippen molar-refractivity contribution in [2.45, 2.75) is 31.2 Å². The third-order valence-corrected chi connectivity index (χ3v) is 7.43. The molecule has 1 heterocycles. The first-order chi connectivity index (χ1) is 16.7. The Balaban J connectivity index is 1.54. The molecule has 182 valence electrons. The van der Waals surface area contributed by atoms with Crippen molar-refractivity contribution in [2.75, 3.05) is 18.8 Å². The van der Waals surface area contributed by atoms with Gasteiger partial charge in [-0.05, 0) is 74.3 Å². The molecule has 0 aliphatic rings. The zero-order valence-electron chi connectivity index (χ0n) is 20.7. The highest BCUT2D eigenvalue weighted by atomic mass is 32.2. The molecule has 0 unspecified atom stereocenters. The fourth-order valence-corrected chi connectivity index (χ4v) is 5.27. The molecule has 0 bridgehead atoms. The topological polar surface area (TPSA) is 67.2 Å². The second-order valence-corrected chi connectivity index (χ2v) is 10.8. The number of hydrogen-bond acceptors (Lipinski definition) is 4. The van der Waals surface area contributed by atoms with Gasteiger partial charge in [0.15, 0.2) is 0 Å². The molecule has 1 aromatic heterocycles. The number of nitrogens with one attached hydrogen (secondary N) is 1. The lowest BCUT2D eigenvalue weighted by molar-refractivity contribution is 0.402. The van der Waals surface area contributed by atoms with Crippen molar-refractivity contribution in [1.29, 1.82) is 0 Å².